The Morgan fingerprint density at radius 3 is 2.89 bits per heavy atom. The molecule has 0 bridgehead atoms. The van der Waals surface area contributed by atoms with Gasteiger partial charge in [-0.05, 0) is 54.1 Å². The number of carbonyl (C=O) groups excluding carboxylic acids is 1. The second-order valence-corrected chi connectivity index (χ2v) is 7.11. The van der Waals surface area contributed by atoms with Crippen LogP contribution in [-0.4, -0.2) is 36.1 Å². The molecule has 0 unspecified atom stereocenters. The Morgan fingerprint density at radius 1 is 1.25 bits per heavy atom. The molecule has 0 fully saturated rings. The molecule has 0 aliphatic heterocycles. The number of benzene rings is 1. The van der Waals surface area contributed by atoms with Gasteiger partial charge < -0.3 is 5.32 Å². The van der Waals surface area contributed by atoms with E-state index in [1.54, 1.807) is 17.1 Å². The highest BCUT2D eigenvalue weighted by Crippen LogP contribution is 2.23. The Balaban J connectivity index is 1.47. The first-order chi connectivity index (χ1) is 13.6. The van der Waals surface area contributed by atoms with E-state index in [0.717, 1.165) is 27.5 Å². The van der Waals surface area contributed by atoms with Crippen molar-refractivity contribution in [1.82, 2.24) is 30.2 Å². The van der Waals surface area contributed by atoms with Gasteiger partial charge in [0.15, 0.2) is 5.82 Å². The summed E-state index contributed by atoms with van der Waals surface area (Å²) in [5.74, 6) is 0.545. The van der Waals surface area contributed by atoms with Gasteiger partial charge in [-0.3, -0.25) is 9.78 Å². The number of pyridine rings is 1. The van der Waals surface area contributed by atoms with Crippen LogP contribution in [0.2, 0.25) is 0 Å². The summed E-state index contributed by atoms with van der Waals surface area (Å²) < 4.78 is 1.64. The Morgan fingerprint density at radius 2 is 2.14 bits per heavy atom. The molecule has 3 heterocycles. The lowest BCUT2D eigenvalue weighted by atomic mass is 10.1. The fourth-order valence-corrected chi connectivity index (χ4v) is 3.56. The molecule has 0 aliphatic rings. The molecule has 1 amide bonds. The van der Waals surface area contributed by atoms with Crippen LogP contribution >= 0.6 is 11.3 Å². The minimum Gasteiger partial charge on any atom is -0.326 e. The van der Waals surface area contributed by atoms with Crippen molar-refractivity contribution in [3.63, 3.8) is 0 Å². The molecule has 140 valence electrons. The van der Waals surface area contributed by atoms with Crippen LogP contribution < -0.4 is 5.32 Å². The fourth-order valence-electron chi connectivity index (χ4n) is 2.75. The zero-order valence-electron chi connectivity index (χ0n) is 15.3. The summed E-state index contributed by atoms with van der Waals surface area (Å²) in [6.07, 6.45) is 3.68. The van der Waals surface area contributed by atoms with E-state index in [0.29, 0.717) is 11.5 Å². The number of aromatic nitrogens is 6. The summed E-state index contributed by atoms with van der Waals surface area (Å²) in [5, 5.41) is 17.2. The van der Waals surface area contributed by atoms with E-state index in [4.69, 9.17) is 0 Å². The van der Waals surface area contributed by atoms with E-state index < -0.39 is 0 Å². The molecule has 9 heteroatoms. The number of rotatable bonds is 5. The summed E-state index contributed by atoms with van der Waals surface area (Å²) >= 11 is 1.50. The molecule has 0 atom stereocenters. The predicted molar refractivity (Wildman–Crippen MR) is 106 cm³/mol. The second kappa shape index (κ2) is 7.65. The van der Waals surface area contributed by atoms with Crippen LogP contribution in [0.25, 0.3) is 16.3 Å². The number of aryl methyl sites for hydroxylation is 2. The van der Waals surface area contributed by atoms with E-state index in [1.165, 1.54) is 11.3 Å². The standard InChI is InChI=1S/C19H17N7OS/c1-12-5-6-15(8-17(12)26-13(2)23-24-25-26)21-18(27)9-16-11-28-19(22-16)14-4-3-7-20-10-14/h3-8,10-11H,9H2,1-2H3,(H,21,27). The van der Waals surface area contributed by atoms with Crippen LogP contribution in [0.3, 0.4) is 0 Å². The van der Waals surface area contributed by atoms with Gasteiger partial charge in [0.1, 0.15) is 5.01 Å². The molecule has 3 aromatic heterocycles. The Kier molecular flexibility index (Phi) is 4.90. The molecular formula is C19H17N7OS. The summed E-state index contributed by atoms with van der Waals surface area (Å²) in [4.78, 5) is 21.1. The first kappa shape index (κ1) is 17.9. The number of amides is 1. The number of hydrogen-bond donors (Lipinski definition) is 1. The van der Waals surface area contributed by atoms with E-state index in [1.807, 2.05) is 49.6 Å². The van der Waals surface area contributed by atoms with E-state index in [2.05, 4.69) is 30.8 Å². The molecule has 4 rings (SSSR count). The topological polar surface area (TPSA) is 98.5 Å². The number of tetrazole rings is 1. The van der Waals surface area contributed by atoms with Crippen molar-refractivity contribution < 1.29 is 4.79 Å². The van der Waals surface area contributed by atoms with Crippen molar-refractivity contribution in [2.24, 2.45) is 0 Å². The second-order valence-electron chi connectivity index (χ2n) is 6.25. The summed E-state index contributed by atoms with van der Waals surface area (Å²) in [5.41, 5.74) is 4.19. The van der Waals surface area contributed by atoms with Crippen molar-refractivity contribution in [3.05, 3.63) is 65.2 Å². The lowest BCUT2D eigenvalue weighted by Gasteiger charge is -2.10. The third kappa shape index (κ3) is 3.79. The quantitative estimate of drug-likeness (QED) is 0.562. The average Bonchev–Trinajstić information content (AvgIpc) is 3.33. The number of carbonyl (C=O) groups is 1. The Bertz CT molecular complexity index is 1120. The van der Waals surface area contributed by atoms with Crippen LogP contribution in [-0.2, 0) is 11.2 Å². The van der Waals surface area contributed by atoms with Gasteiger partial charge in [0.2, 0.25) is 5.91 Å². The van der Waals surface area contributed by atoms with E-state index >= 15 is 0 Å². The van der Waals surface area contributed by atoms with Gasteiger partial charge in [-0.15, -0.1) is 16.4 Å². The largest absolute Gasteiger partial charge is 0.326 e. The van der Waals surface area contributed by atoms with Gasteiger partial charge in [0.05, 0.1) is 17.8 Å². The molecule has 8 nitrogen and oxygen atoms in total. The average molecular weight is 391 g/mol. The lowest BCUT2D eigenvalue weighted by molar-refractivity contribution is -0.115. The van der Waals surface area contributed by atoms with Crippen molar-refractivity contribution in [2.45, 2.75) is 20.3 Å². The van der Waals surface area contributed by atoms with Crippen molar-refractivity contribution in [2.75, 3.05) is 5.32 Å². The predicted octanol–water partition coefficient (Wildman–Crippen LogP) is 2.98. The monoisotopic (exact) mass is 391 g/mol. The van der Waals surface area contributed by atoms with Gasteiger partial charge in [-0.25, -0.2) is 4.98 Å². The van der Waals surface area contributed by atoms with Crippen LogP contribution in [0.1, 0.15) is 17.1 Å². The maximum Gasteiger partial charge on any atom is 0.230 e. The van der Waals surface area contributed by atoms with Gasteiger partial charge in [0.25, 0.3) is 0 Å². The normalized spacial score (nSPS) is 10.8. The Labute approximate surface area is 165 Å². The smallest absolute Gasteiger partial charge is 0.230 e. The van der Waals surface area contributed by atoms with Crippen molar-refractivity contribution >= 4 is 22.9 Å². The summed E-state index contributed by atoms with van der Waals surface area (Å²) in [6, 6.07) is 9.46. The van der Waals surface area contributed by atoms with Gasteiger partial charge in [-0.1, -0.05) is 6.07 Å². The molecular weight excluding hydrogens is 374 g/mol. The molecule has 0 saturated heterocycles. The molecule has 1 N–H and O–H groups in total. The SMILES string of the molecule is Cc1ccc(NC(=O)Cc2csc(-c3cccnc3)n2)cc1-n1nnnc1C. The van der Waals surface area contributed by atoms with Crippen molar-refractivity contribution in [1.29, 1.82) is 0 Å². The molecule has 1 aromatic carbocycles. The molecule has 4 aromatic rings. The van der Waals surface area contributed by atoms with Crippen LogP contribution in [0, 0.1) is 13.8 Å². The van der Waals surface area contributed by atoms with Gasteiger partial charge in [0, 0.05) is 29.0 Å². The number of anilines is 1. The molecule has 0 radical (unpaired) electrons. The maximum absolute atomic E-state index is 12.5. The van der Waals surface area contributed by atoms with Crippen LogP contribution in [0.15, 0.2) is 48.1 Å². The van der Waals surface area contributed by atoms with Crippen LogP contribution in [0.5, 0.6) is 0 Å². The van der Waals surface area contributed by atoms with Gasteiger partial charge in [-0.2, -0.15) is 4.68 Å². The maximum atomic E-state index is 12.5. The molecule has 0 spiro atoms. The summed E-state index contributed by atoms with van der Waals surface area (Å²) in [7, 11) is 0. The third-order valence-corrected chi connectivity index (χ3v) is 5.09. The molecule has 28 heavy (non-hydrogen) atoms. The first-order valence-corrected chi connectivity index (χ1v) is 9.49. The minimum absolute atomic E-state index is 0.133. The zero-order valence-corrected chi connectivity index (χ0v) is 16.1. The fraction of sp³-hybridized carbons (Fsp3) is 0.158. The number of hydrogen-bond acceptors (Lipinski definition) is 7. The van der Waals surface area contributed by atoms with Crippen molar-refractivity contribution in [3.8, 4) is 16.3 Å². The Hall–Kier alpha value is -3.46. The highest BCUT2D eigenvalue weighted by atomic mass is 32.1. The lowest BCUT2D eigenvalue weighted by Crippen LogP contribution is -2.15. The molecule has 0 saturated carbocycles. The van der Waals surface area contributed by atoms with Crippen LogP contribution in [0.4, 0.5) is 5.69 Å². The van der Waals surface area contributed by atoms with Gasteiger partial charge >= 0.3 is 0 Å². The first-order valence-electron chi connectivity index (χ1n) is 8.61. The zero-order chi connectivity index (χ0) is 19.5. The number of nitrogens with one attached hydrogen (secondary N) is 1. The molecule has 0 aliphatic carbocycles. The number of thiazole rings is 1. The minimum atomic E-state index is -0.133. The highest BCUT2D eigenvalue weighted by Gasteiger charge is 2.12. The number of nitrogens with zero attached hydrogens (tertiary/aromatic N) is 6. The third-order valence-electron chi connectivity index (χ3n) is 4.15. The van der Waals surface area contributed by atoms with E-state index in [-0.39, 0.29) is 12.3 Å². The highest BCUT2D eigenvalue weighted by molar-refractivity contribution is 7.13. The summed E-state index contributed by atoms with van der Waals surface area (Å²) in [6.45, 7) is 3.80. The van der Waals surface area contributed by atoms with E-state index in [9.17, 15) is 4.79 Å².